The molecule has 0 aliphatic carbocycles. The van der Waals surface area contributed by atoms with Crippen LogP contribution in [0.3, 0.4) is 0 Å². The molecule has 48 valence electrons. The summed E-state index contributed by atoms with van der Waals surface area (Å²) in [6.45, 7) is 0. The molecule has 0 saturated carbocycles. The van der Waals surface area contributed by atoms with Crippen LogP contribution in [0, 0.1) is 0 Å². The van der Waals surface area contributed by atoms with Gasteiger partial charge in [-0.25, -0.2) is 0 Å². The summed E-state index contributed by atoms with van der Waals surface area (Å²) in [5, 5.41) is 17.7. The predicted octanol–water partition coefficient (Wildman–Crippen LogP) is 0.103. The van der Waals surface area contributed by atoms with E-state index in [9.17, 15) is 0 Å². The third-order valence-corrected chi connectivity index (χ3v) is 3.40. The van der Waals surface area contributed by atoms with E-state index >= 15 is 0 Å². The van der Waals surface area contributed by atoms with Crippen LogP contribution in [0.5, 0.6) is 0 Å². The summed E-state index contributed by atoms with van der Waals surface area (Å²) in [4.78, 5) is 0. The van der Waals surface area contributed by atoms with Gasteiger partial charge in [0.15, 0.2) is 0 Å². The number of aliphatic hydroxyl groups is 2. The van der Waals surface area contributed by atoms with Gasteiger partial charge in [0.1, 0.15) is 10.9 Å². The summed E-state index contributed by atoms with van der Waals surface area (Å²) in [7, 11) is 0. The predicted molar refractivity (Wildman–Crippen MR) is 36.9 cm³/mol. The molecule has 2 unspecified atom stereocenters. The largest absolute Gasteiger partial charge is 0.382 e. The van der Waals surface area contributed by atoms with E-state index in [1.807, 2.05) is 0 Å². The molecule has 0 bridgehead atoms. The SMILES string of the molecule is O[13CH]1[13CH2]S[13CH](O)[13CH2]S1. The van der Waals surface area contributed by atoms with Crippen molar-refractivity contribution in [2.75, 3.05) is 11.5 Å². The lowest BCUT2D eigenvalue weighted by molar-refractivity contribution is 0.263. The second-order valence-corrected chi connectivity index (χ2v) is 4.00. The topological polar surface area (TPSA) is 40.5 Å². The number of hydrogen-bond donors (Lipinski definition) is 2. The van der Waals surface area contributed by atoms with Gasteiger partial charge in [-0.3, -0.25) is 0 Å². The lowest BCUT2D eigenvalue weighted by Crippen LogP contribution is -2.19. The fourth-order valence-electron chi connectivity index (χ4n) is 0.483. The minimum absolute atomic E-state index is 0.261. The van der Waals surface area contributed by atoms with E-state index in [0.29, 0.717) is 11.5 Å². The molecule has 1 fully saturated rings. The van der Waals surface area contributed by atoms with E-state index < -0.39 is 0 Å². The fourth-order valence-corrected chi connectivity index (χ4v) is 2.50. The monoisotopic (exact) mass is 156 g/mol. The van der Waals surface area contributed by atoms with E-state index in [-0.39, 0.29) is 10.9 Å². The Morgan fingerprint density at radius 1 is 1.00 bits per heavy atom. The van der Waals surface area contributed by atoms with Crippen molar-refractivity contribution in [2.45, 2.75) is 10.9 Å². The highest BCUT2D eigenvalue weighted by Gasteiger charge is 2.16. The lowest BCUT2D eigenvalue weighted by Gasteiger charge is -2.19. The molecular weight excluding hydrogens is 148 g/mol. The zero-order valence-corrected chi connectivity index (χ0v) is 5.91. The summed E-state index contributed by atoms with van der Waals surface area (Å²) < 4.78 is 0. The first-order valence-corrected chi connectivity index (χ1v) is 4.48. The minimum atomic E-state index is -0.261. The Morgan fingerprint density at radius 3 is 1.62 bits per heavy atom. The van der Waals surface area contributed by atoms with Gasteiger partial charge in [-0.05, 0) is 0 Å². The zero-order valence-electron chi connectivity index (χ0n) is 4.28. The van der Waals surface area contributed by atoms with Crippen LogP contribution in [0.2, 0.25) is 0 Å². The lowest BCUT2D eigenvalue weighted by atomic mass is 11.8. The van der Waals surface area contributed by atoms with Crippen LogP contribution >= 0.6 is 23.5 Å². The number of aliphatic hydroxyl groups excluding tert-OH is 2. The van der Waals surface area contributed by atoms with Gasteiger partial charge >= 0.3 is 0 Å². The van der Waals surface area contributed by atoms with Crippen LogP contribution in [0.4, 0.5) is 0 Å². The Labute approximate surface area is 56.7 Å². The molecule has 1 aliphatic heterocycles. The van der Waals surface area contributed by atoms with Gasteiger partial charge in [0.05, 0.1) is 0 Å². The van der Waals surface area contributed by atoms with Gasteiger partial charge < -0.3 is 10.2 Å². The highest BCUT2D eigenvalue weighted by molar-refractivity contribution is 8.06. The average molecular weight is 156 g/mol. The standard InChI is InChI=1S/C4H8O2S2/c5-3-1-7-4(6)2-8-3/h3-6H,1-2H2/i1+1,2+1,3+1,4+1. The van der Waals surface area contributed by atoms with Crippen molar-refractivity contribution in [3.8, 4) is 0 Å². The highest BCUT2D eigenvalue weighted by Crippen LogP contribution is 2.26. The summed E-state index contributed by atoms with van der Waals surface area (Å²) in [6, 6.07) is 0. The summed E-state index contributed by atoms with van der Waals surface area (Å²) in [5.41, 5.74) is -0.521. The normalized spacial score (nSPS) is 39.8. The molecule has 1 aliphatic rings. The maximum Gasteiger partial charge on any atom is 0.108 e. The van der Waals surface area contributed by atoms with Crippen LogP contribution in [0.25, 0.3) is 0 Å². The fraction of sp³-hybridized carbons (Fsp3) is 1.00. The zero-order chi connectivity index (χ0) is 5.98. The molecule has 8 heavy (non-hydrogen) atoms. The maximum atomic E-state index is 8.86. The van der Waals surface area contributed by atoms with Crippen LogP contribution in [-0.4, -0.2) is 32.6 Å². The van der Waals surface area contributed by atoms with E-state index in [0.717, 1.165) is 0 Å². The Balaban J connectivity index is 2.19. The smallest absolute Gasteiger partial charge is 0.108 e. The Hall–Kier alpha value is 0.620. The third-order valence-electron chi connectivity index (χ3n) is 0.862. The minimum Gasteiger partial charge on any atom is -0.382 e. The molecule has 2 nitrogen and oxygen atoms in total. The van der Waals surface area contributed by atoms with Crippen molar-refractivity contribution in [1.82, 2.24) is 0 Å². The van der Waals surface area contributed by atoms with Gasteiger partial charge in [0.25, 0.3) is 0 Å². The van der Waals surface area contributed by atoms with Gasteiger partial charge in [-0.1, -0.05) is 0 Å². The number of hydrogen-bond acceptors (Lipinski definition) is 4. The van der Waals surface area contributed by atoms with E-state index in [1.165, 1.54) is 23.5 Å². The second-order valence-electron chi connectivity index (χ2n) is 1.58. The molecule has 1 rings (SSSR count). The first-order valence-electron chi connectivity index (χ1n) is 2.38. The summed E-state index contributed by atoms with van der Waals surface area (Å²) in [6.07, 6.45) is 0. The molecule has 0 spiro atoms. The molecule has 0 aromatic carbocycles. The van der Waals surface area contributed by atoms with E-state index in [4.69, 9.17) is 10.2 Å². The van der Waals surface area contributed by atoms with Crippen LogP contribution in [0.1, 0.15) is 0 Å². The molecule has 1 saturated heterocycles. The van der Waals surface area contributed by atoms with Gasteiger partial charge in [-0.2, -0.15) is 0 Å². The molecule has 0 amide bonds. The molecule has 1 heterocycles. The Kier molecular flexibility index (Phi) is 2.49. The molecule has 0 radical (unpaired) electrons. The first-order chi connectivity index (χ1) is 3.79. The third kappa shape index (κ3) is 1.85. The van der Waals surface area contributed by atoms with Crippen molar-refractivity contribution in [3.05, 3.63) is 0 Å². The van der Waals surface area contributed by atoms with Crippen molar-refractivity contribution < 1.29 is 10.2 Å². The maximum absolute atomic E-state index is 8.86. The average Bonchev–Trinajstić information content (AvgIpc) is 1.77. The van der Waals surface area contributed by atoms with Crippen LogP contribution in [0.15, 0.2) is 0 Å². The number of rotatable bonds is 0. The van der Waals surface area contributed by atoms with Crippen LogP contribution in [-0.2, 0) is 0 Å². The van der Waals surface area contributed by atoms with Crippen molar-refractivity contribution in [1.29, 1.82) is 0 Å². The number of thioether (sulfide) groups is 2. The molecule has 0 aromatic heterocycles. The van der Waals surface area contributed by atoms with Crippen molar-refractivity contribution in [2.24, 2.45) is 0 Å². The quantitative estimate of drug-likeness (QED) is 0.488. The first kappa shape index (κ1) is 6.74. The molecule has 2 atom stereocenters. The van der Waals surface area contributed by atoms with Gasteiger partial charge in [-0.15, -0.1) is 23.5 Å². The highest BCUT2D eigenvalue weighted by atomic mass is 32.2. The second kappa shape index (κ2) is 2.96. The van der Waals surface area contributed by atoms with E-state index in [2.05, 4.69) is 0 Å². The van der Waals surface area contributed by atoms with Crippen LogP contribution < -0.4 is 0 Å². The van der Waals surface area contributed by atoms with Gasteiger partial charge in [0, 0.05) is 11.5 Å². The Morgan fingerprint density at radius 2 is 1.38 bits per heavy atom. The Bertz CT molecular complexity index is 60.4. The molecule has 4 heteroatoms. The summed E-state index contributed by atoms with van der Waals surface area (Å²) in [5.74, 6) is 1.32. The van der Waals surface area contributed by atoms with E-state index in [1.54, 1.807) is 0 Å². The molecule has 2 N–H and O–H groups in total. The van der Waals surface area contributed by atoms with Crippen molar-refractivity contribution >= 4 is 23.5 Å². The van der Waals surface area contributed by atoms with Gasteiger partial charge in [0.2, 0.25) is 0 Å². The molecular formula is C4H8O2S2. The molecule has 0 aromatic rings. The summed E-state index contributed by atoms with van der Waals surface area (Å²) >= 11 is 2.82. The van der Waals surface area contributed by atoms with Crippen molar-refractivity contribution in [3.63, 3.8) is 0 Å².